The molecular weight excluding hydrogens is 363 g/mol. The number of thioether (sulfide) groups is 1. The molecule has 0 radical (unpaired) electrons. The summed E-state index contributed by atoms with van der Waals surface area (Å²) in [5.74, 6) is -0.0595. The van der Waals surface area contributed by atoms with Gasteiger partial charge in [0.2, 0.25) is 0 Å². The van der Waals surface area contributed by atoms with E-state index in [0.717, 1.165) is 10.8 Å². The van der Waals surface area contributed by atoms with Gasteiger partial charge in [0, 0.05) is 11.1 Å². The van der Waals surface area contributed by atoms with Crippen LogP contribution in [0.2, 0.25) is 0 Å². The van der Waals surface area contributed by atoms with E-state index >= 15 is 0 Å². The van der Waals surface area contributed by atoms with E-state index in [4.69, 9.17) is 0 Å². The molecule has 2 saturated heterocycles. The van der Waals surface area contributed by atoms with E-state index in [9.17, 15) is 14.0 Å². The zero-order chi connectivity index (χ0) is 18.5. The number of carbonyl (C=O) groups excluding carboxylic acids is 2. The monoisotopic (exact) mass is 378 g/mol. The van der Waals surface area contributed by atoms with Crippen LogP contribution >= 0.6 is 11.8 Å². The molecule has 0 aromatic heterocycles. The molecule has 2 fully saturated rings. The lowest BCUT2D eigenvalue weighted by molar-refractivity contribution is -0.119. The second-order valence-electron chi connectivity index (χ2n) is 6.62. The molecule has 3 aromatic rings. The number of rotatable bonds is 2. The average Bonchev–Trinajstić information content (AvgIpc) is 3.22. The summed E-state index contributed by atoms with van der Waals surface area (Å²) in [6.45, 7) is 0. The lowest BCUT2D eigenvalue weighted by Gasteiger charge is -2.23. The van der Waals surface area contributed by atoms with E-state index < -0.39 is 6.04 Å². The van der Waals surface area contributed by atoms with Crippen molar-refractivity contribution in [2.45, 2.75) is 11.4 Å². The van der Waals surface area contributed by atoms with Crippen LogP contribution in [-0.2, 0) is 4.79 Å². The highest BCUT2D eigenvalue weighted by atomic mass is 32.2. The maximum atomic E-state index is 13.7. The van der Waals surface area contributed by atoms with Gasteiger partial charge in [-0.3, -0.25) is 9.69 Å². The molecular formula is C21H15FN2O2S. The largest absolute Gasteiger partial charge is 0.333 e. The molecule has 0 spiro atoms. The van der Waals surface area contributed by atoms with Crippen molar-refractivity contribution in [2.75, 3.05) is 10.7 Å². The van der Waals surface area contributed by atoms with E-state index in [2.05, 4.69) is 0 Å². The smallest absolute Gasteiger partial charge is 0.295 e. The fourth-order valence-corrected chi connectivity index (χ4v) is 5.24. The van der Waals surface area contributed by atoms with Crippen molar-refractivity contribution >= 4 is 40.2 Å². The molecule has 3 aromatic carbocycles. The zero-order valence-electron chi connectivity index (χ0n) is 14.2. The summed E-state index contributed by atoms with van der Waals surface area (Å²) in [5, 5.41) is 1.47. The molecule has 0 aliphatic carbocycles. The minimum atomic E-state index is -0.519. The van der Waals surface area contributed by atoms with Gasteiger partial charge < -0.3 is 0 Å². The third kappa shape index (κ3) is 2.44. The number of fused-ring (bicyclic) bond motifs is 2. The molecule has 0 saturated carbocycles. The molecule has 6 heteroatoms. The molecule has 4 nitrogen and oxygen atoms in total. The number of benzene rings is 3. The van der Waals surface area contributed by atoms with Crippen molar-refractivity contribution in [2.24, 2.45) is 0 Å². The second-order valence-corrected chi connectivity index (χ2v) is 7.73. The second kappa shape index (κ2) is 6.09. The van der Waals surface area contributed by atoms with Crippen molar-refractivity contribution in [3.63, 3.8) is 0 Å². The van der Waals surface area contributed by atoms with Gasteiger partial charge in [-0.25, -0.2) is 14.1 Å². The Hall–Kier alpha value is -2.86. The first kappa shape index (κ1) is 16.3. The molecule has 134 valence electrons. The normalized spacial score (nSPS) is 22.0. The van der Waals surface area contributed by atoms with Gasteiger partial charge >= 0.3 is 6.03 Å². The Morgan fingerprint density at radius 3 is 2.59 bits per heavy atom. The first-order valence-corrected chi connectivity index (χ1v) is 9.71. The number of hydrogen-bond acceptors (Lipinski definition) is 3. The molecule has 3 amide bonds. The minimum Gasteiger partial charge on any atom is -0.295 e. The Labute approximate surface area is 159 Å². The number of amides is 3. The minimum absolute atomic E-state index is 0.220. The standard InChI is InChI=1S/C21H15FN2O2S/c22-15-8-3-7-14(11-15)20-24-18(12-27-20)19(25)23(21(24)26)17-10-4-6-13-5-1-2-9-16(13)17/h1-11,18,20H,12H2/t18-,20+/m0/s1. The Morgan fingerprint density at radius 2 is 1.74 bits per heavy atom. The highest BCUT2D eigenvalue weighted by molar-refractivity contribution is 7.99. The van der Waals surface area contributed by atoms with E-state index in [1.165, 1.54) is 28.8 Å². The van der Waals surface area contributed by atoms with Crippen molar-refractivity contribution in [1.82, 2.24) is 4.90 Å². The Balaban J connectivity index is 1.58. The van der Waals surface area contributed by atoms with Crippen molar-refractivity contribution < 1.29 is 14.0 Å². The van der Waals surface area contributed by atoms with E-state index in [1.807, 2.05) is 36.4 Å². The SMILES string of the molecule is O=C1[C@@H]2CS[C@H](c3cccc(F)c3)N2C(=O)N1c1cccc2ccccc12. The summed E-state index contributed by atoms with van der Waals surface area (Å²) < 4.78 is 13.7. The highest BCUT2D eigenvalue weighted by Gasteiger charge is 2.53. The highest BCUT2D eigenvalue weighted by Crippen LogP contribution is 2.46. The number of halogens is 1. The van der Waals surface area contributed by atoms with Crippen molar-refractivity contribution in [3.8, 4) is 0 Å². The maximum Gasteiger partial charge on any atom is 0.333 e. The number of hydrogen-bond donors (Lipinski definition) is 0. The van der Waals surface area contributed by atoms with Crippen LogP contribution in [0, 0.1) is 5.82 Å². The average molecular weight is 378 g/mol. The Bertz CT molecular complexity index is 1080. The molecule has 0 N–H and O–H groups in total. The maximum absolute atomic E-state index is 13.7. The summed E-state index contributed by atoms with van der Waals surface area (Å²) >= 11 is 1.50. The van der Waals surface area contributed by atoms with E-state index in [0.29, 0.717) is 17.0 Å². The van der Waals surface area contributed by atoms with Crippen LogP contribution in [0.3, 0.4) is 0 Å². The number of urea groups is 1. The fourth-order valence-electron chi connectivity index (χ4n) is 3.83. The lowest BCUT2D eigenvalue weighted by atomic mass is 10.1. The van der Waals surface area contributed by atoms with Gasteiger partial charge in [0.05, 0.1) is 5.69 Å². The molecule has 0 bridgehead atoms. The summed E-state index contributed by atoms with van der Waals surface area (Å²) in [6.07, 6.45) is 0. The van der Waals surface area contributed by atoms with Crippen LogP contribution in [0.1, 0.15) is 10.9 Å². The third-order valence-corrected chi connectivity index (χ3v) is 6.38. The lowest BCUT2D eigenvalue weighted by Crippen LogP contribution is -2.34. The van der Waals surface area contributed by atoms with Crippen LogP contribution in [0.25, 0.3) is 10.8 Å². The van der Waals surface area contributed by atoms with Crippen LogP contribution < -0.4 is 4.90 Å². The number of anilines is 1. The van der Waals surface area contributed by atoms with Gasteiger partial charge in [-0.2, -0.15) is 0 Å². The summed E-state index contributed by atoms with van der Waals surface area (Å²) in [5.41, 5.74) is 1.30. The van der Waals surface area contributed by atoms with Gasteiger partial charge in [-0.1, -0.05) is 48.5 Å². The molecule has 5 rings (SSSR count). The summed E-state index contributed by atoms with van der Waals surface area (Å²) in [4.78, 5) is 29.2. The van der Waals surface area contributed by atoms with Gasteiger partial charge in [-0.15, -0.1) is 11.8 Å². The summed E-state index contributed by atoms with van der Waals surface area (Å²) in [6, 6.07) is 18.6. The Morgan fingerprint density at radius 1 is 0.963 bits per heavy atom. The van der Waals surface area contributed by atoms with Crippen LogP contribution in [0.15, 0.2) is 66.7 Å². The first-order chi connectivity index (χ1) is 13.1. The fraction of sp³-hybridized carbons (Fsp3) is 0.143. The zero-order valence-corrected chi connectivity index (χ0v) is 15.0. The molecule has 27 heavy (non-hydrogen) atoms. The van der Waals surface area contributed by atoms with Crippen LogP contribution in [0.4, 0.5) is 14.9 Å². The third-order valence-electron chi connectivity index (χ3n) is 5.06. The van der Waals surface area contributed by atoms with E-state index in [-0.39, 0.29) is 23.1 Å². The van der Waals surface area contributed by atoms with Gasteiger partial charge in [-0.05, 0) is 29.1 Å². The molecule has 2 atom stereocenters. The van der Waals surface area contributed by atoms with Crippen molar-refractivity contribution in [1.29, 1.82) is 0 Å². The molecule has 2 aliphatic heterocycles. The van der Waals surface area contributed by atoms with Gasteiger partial charge in [0.1, 0.15) is 17.2 Å². The quantitative estimate of drug-likeness (QED) is 0.614. The van der Waals surface area contributed by atoms with Gasteiger partial charge in [0.15, 0.2) is 0 Å². The Kier molecular flexibility index (Phi) is 3.68. The summed E-state index contributed by atoms with van der Waals surface area (Å²) in [7, 11) is 0. The van der Waals surface area contributed by atoms with Crippen LogP contribution in [-0.4, -0.2) is 28.6 Å². The molecule has 2 heterocycles. The number of nitrogens with zero attached hydrogens (tertiary/aromatic N) is 2. The molecule has 2 aliphatic rings. The van der Waals surface area contributed by atoms with Crippen molar-refractivity contribution in [3.05, 3.63) is 78.1 Å². The predicted molar refractivity (Wildman–Crippen MR) is 104 cm³/mol. The molecule has 0 unspecified atom stereocenters. The topological polar surface area (TPSA) is 40.6 Å². The van der Waals surface area contributed by atoms with E-state index in [1.54, 1.807) is 23.1 Å². The first-order valence-electron chi connectivity index (χ1n) is 8.66. The van der Waals surface area contributed by atoms with Crippen LogP contribution in [0.5, 0.6) is 0 Å². The number of imide groups is 1. The van der Waals surface area contributed by atoms with Gasteiger partial charge in [0.25, 0.3) is 5.91 Å². The predicted octanol–water partition coefficient (Wildman–Crippen LogP) is 4.56. The number of carbonyl (C=O) groups is 2.